The maximum atomic E-state index is 14.1. The number of aliphatic carboxylic acids is 1. The highest BCUT2D eigenvalue weighted by Gasteiger charge is 2.42. The van der Waals surface area contributed by atoms with E-state index < -0.39 is 88.7 Å². The fourth-order valence-electron chi connectivity index (χ4n) is 10.5. The molecule has 1 aliphatic rings. The van der Waals surface area contributed by atoms with Gasteiger partial charge < -0.3 is 62.6 Å². The number of carbonyl (C=O) groups is 9. The Morgan fingerprint density at radius 3 is 1.92 bits per heavy atom. The van der Waals surface area contributed by atoms with E-state index in [0.29, 0.717) is 17.8 Å². The SMILES string of the molecule is CN[C@H](C(=O)N[C@H](C(=O)N(C)[C@H](/C=C(\C)C(=O)O)C(C)C)C(C)(C)C)C(C)(C)c1ccc(CNC(=O)OCc2ccc(NC(=O)[C@H](CCCNC(N)=O)NC(=O)[C@@H](NC(=O)CCC(=O)N3Cc4ccccc4CCc4ccccc43)C(C)C)cc2)cc1. The average molecular weight is 1200 g/mol. The van der Waals surface area contributed by atoms with Gasteiger partial charge in [-0.2, -0.15) is 0 Å². The quantitative estimate of drug-likeness (QED) is 0.0213. The molecular weight excluding hydrogens is 1110 g/mol. The van der Waals surface area contributed by atoms with Gasteiger partial charge in [0, 0.05) is 55.3 Å². The van der Waals surface area contributed by atoms with Gasteiger partial charge in [0.2, 0.25) is 35.4 Å². The first-order chi connectivity index (χ1) is 41.0. The number of fused-ring (bicyclic) bond motifs is 2. The van der Waals surface area contributed by atoms with Crippen molar-refractivity contribution in [1.29, 1.82) is 0 Å². The molecule has 0 radical (unpaired) electrons. The van der Waals surface area contributed by atoms with Crippen molar-refractivity contribution in [3.05, 3.63) is 142 Å². The number of hydrogen-bond acceptors (Lipinski definition) is 11. The first kappa shape index (κ1) is 69.2. The lowest BCUT2D eigenvalue weighted by Crippen LogP contribution is -2.61. The number of amides is 9. The number of primary amides is 1. The molecule has 4 aromatic carbocycles. The lowest BCUT2D eigenvalue weighted by molar-refractivity contribution is -0.141. The predicted octanol–water partition coefficient (Wildman–Crippen LogP) is 7.15. The summed E-state index contributed by atoms with van der Waals surface area (Å²) in [5.74, 6) is -4.24. The van der Waals surface area contributed by atoms with Gasteiger partial charge in [-0.1, -0.05) is 147 Å². The molecule has 470 valence electrons. The predicted molar refractivity (Wildman–Crippen MR) is 335 cm³/mol. The second kappa shape index (κ2) is 31.7. The third kappa shape index (κ3) is 20.0. The fourth-order valence-corrected chi connectivity index (χ4v) is 10.5. The van der Waals surface area contributed by atoms with E-state index in [4.69, 9.17) is 10.5 Å². The Morgan fingerprint density at radius 1 is 0.713 bits per heavy atom. The zero-order valence-electron chi connectivity index (χ0n) is 52.4. The lowest BCUT2D eigenvalue weighted by Gasteiger charge is -2.40. The number of aryl methyl sites for hydroxylation is 2. The molecule has 5 rings (SSSR count). The van der Waals surface area contributed by atoms with Crippen molar-refractivity contribution in [1.82, 2.24) is 36.8 Å². The van der Waals surface area contributed by atoms with Crippen molar-refractivity contribution in [3.63, 3.8) is 0 Å². The molecule has 0 aromatic heterocycles. The molecule has 0 unspecified atom stereocenters. The molecule has 10 N–H and O–H groups in total. The summed E-state index contributed by atoms with van der Waals surface area (Å²) in [7, 11) is 3.29. The van der Waals surface area contributed by atoms with Crippen LogP contribution in [0.1, 0.15) is 128 Å². The molecule has 87 heavy (non-hydrogen) atoms. The number of likely N-dealkylation sites (N-methyl/N-ethyl adjacent to an activating group) is 2. The molecule has 21 heteroatoms. The van der Waals surface area contributed by atoms with Gasteiger partial charge in [0.15, 0.2) is 0 Å². The molecule has 0 aliphatic carbocycles. The van der Waals surface area contributed by atoms with Crippen LogP contribution in [-0.2, 0) is 76.3 Å². The van der Waals surface area contributed by atoms with Gasteiger partial charge in [0.1, 0.15) is 24.7 Å². The number of anilines is 2. The number of nitrogens with two attached hydrogens (primary N) is 1. The van der Waals surface area contributed by atoms with Crippen LogP contribution in [0.15, 0.2) is 109 Å². The Morgan fingerprint density at radius 2 is 1.32 bits per heavy atom. The molecule has 0 fully saturated rings. The second-order valence-corrected chi connectivity index (χ2v) is 24.6. The number of nitrogens with zero attached hydrogens (tertiary/aromatic N) is 2. The zero-order valence-corrected chi connectivity index (χ0v) is 52.4. The number of alkyl carbamates (subject to hydrolysis) is 1. The summed E-state index contributed by atoms with van der Waals surface area (Å²) in [6.07, 6.45) is 2.58. The van der Waals surface area contributed by atoms with Crippen molar-refractivity contribution >= 4 is 64.9 Å². The van der Waals surface area contributed by atoms with Gasteiger partial charge in [0.05, 0.1) is 18.6 Å². The Balaban J connectivity index is 1.13. The number of carboxylic acids is 1. The maximum Gasteiger partial charge on any atom is 0.407 e. The van der Waals surface area contributed by atoms with Crippen LogP contribution in [0, 0.1) is 17.3 Å². The molecule has 4 aromatic rings. The summed E-state index contributed by atoms with van der Waals surface area (Å²) in [5, 5.41) is 29.3. The van der Waals surface area contributed by atoms with E-state index in [1.807, 2.05) is 115 Å². The number of ether oxygens (including phenoxy) is 1. The number of carbonyl (C=O) groups excluding carboxylic acids is 8. The standard InChI is InChI=1S/C66H90N10O11/c1-40(2)52(36-42(5)62(83)84)75(12)61(82)57(65(6,7)8)74-60(81)56(68-11)66(9,10)48-29-23-43(24-30-48)37-70-64(86)87-39-44-25-31-49(32-26-44)71-58(79)50(21-17-35-69-63(67)85)72-59(80)55(41(3)4)73-53(77)33-34-54(78)76-38-47-20-14-13-18-45(47)27-28-46-19-15-16-22-51(46)76/h13-16,18-20,22-26,29-32,36,40-41,50,52,55-57,68H,17,21,27-28,33-35,37-39H2,1-12H3,(H,70,86)(H,71,79)(H,72,80)(H,73,77)(H,74,81)(H,83,84)(H3,67,69,85)/b42-36+/t50-,52+,55-,56+,57+/m0/s1. The molecule has 9 amide bonds. The zero-order chi connectivity index (χ0) is 64.3. The third-order valence-electron chi connectivity index (χ3n) is 15.8. The van der Waals surface area contributed by atoms with Gasteiger partial charge in [-0.3, -0.25) is 28.8 Å². The fraction of sp³-hybridized carbons (Fsp3) is 0.470. The maximum absolute atomic E-state index is 14.1. The van der Waals surface area contributed by atoms with Gasteiger partial charge in [-0.15, -0.1) is 0 Å². The van der Waals surface area contributed by atoms with Crippen LogP contribution in [0.2, 0.25) is 0 Å². The Kier molecular flexibility index (Phi) is 25.2. The van der Waals surface area contributed by atoms with Crippen molar-refractivity contribution in [2.24, 2.45) is 23.0 Å². The van der Waals surface area contributed by atoms with Crippen LogP contribution in [0.3, 0.4) is 0 Å². The summed E-state index contributed by atoms with van der Waals surface area (Å²) in [6, 6.07) is 24.6. The number of hydrogen-bond donors (Lipinski definition) is 9. The third-order valence-corrected chi connectivity index (χ3v) is 15.8. The number of carboxylic acid groups (broad SMARTS) is 1. The summed E-state index contributed by atoms with van der Waals surface area (Å²) < 4.78 is 5.49. The molecule has 0 saturated carbocycles. The first-order valence-corrected chi connectivity index (χ1v) is 29.7. The highest BCUT2D eigenvalue weighted by molar-refractivity contribution is 5.99. The number of nitrogens with one attached hydrogen (secondary N) is 7. The highest BCUT2D eigenvalue weighted by atomic mass is 16.5. The van der Waals surface area contributed by atoms with Crippen molar-refractivity contribution < 1.29 is 53.0 Å². The number of rotatable bonds is 27. The van der Waals surface area contributed by atoms with E-state index in [0.717, 1.165) is 46.3 Å². The molecule has 5 atom stereocenters. The van der Waals surface area contributed by atoms with E-state index in [1.54, 1.807) is 63.2 Å². The van der Waals surface area contributed by atoms with Gasteiger partial charge in [-0.05, 0) is 108 Å². The lowest BCUT2D eigenvalue weighted by atomic mass is 9.76. The molecule has 21 nitrogen and oxygen atoms in total. The minimum Gasteiger partial charge on any atom is -0.478 e. The number of para-hydroxylation sites is 1. The largest absolute Gasteiger partial charge is 0.478 e. The monoisotopic (exact) mass is 1200 g/mol. The molecule has 0 bridgehead atoms. The molecule has 1 aliphatic heterocycles. The Bertz CT molecular complexity index is 3100. The van der Waals surface area contributed by atoms with Crippen LogP contribution in [0.4, 0.5) is 21.0 Å². The normalized spacial score (nSPS) is 14.3. The topological polar surface area (TPSA) is 300 Å². The van der Waals surface area contributed by atoms with Crippen LogP contribution < -0.4 is 47.9 Å². The van der Waals surface area contributed by atoms with Crippen molar-refractivity contribution in [2.75, 3.05) is 30.9 Å². The summed E-state index contributed by atoms with van der Waals surface area (Å²) >= 11 is 0. The summed E-state index contributed by atoms with van der Waals surface area (Å²) in [5.41, 5.74) is 10.5. The summed E-state index contributed by atoms with van der Waals surface area (Å²) in [4.78, 5) is 123. The number of benzene rings is 4. The van der Waals surface area contributed by atoms with Crippen molar-refractivity contribution in [3.8, 4) is 0 Å². The highest BCUT2D eigenvalue weighted by Crippen LogP contribution is 2.32. The van der Waals surface area contributed by atoms with E-state index in [1.165, 1.54) is 11.8 Å². The Labute approximate surface area is 511 Å². The van der Waals surface area contributed by atoms with E-state index in [-0.39, 0.29) is 68.7 Å². The van der Waals surface area contributed by atoms with Crippen LogP contribution in [-0.4, -0.2) is 114 Å². The number of urea groups is 1. The van der Waals surface area contributed by atoms with E-state index in [2.05, 4.69) is 43.3 Å². The van der Waals surface area contributed by atoms with E-state index >= 15 is 0 Å². The first-order valence-electron chi connectivity index (χ1n) is 29.7. The van der Waals surface area contributed by atoms with Gasteiger partial charge in [-0.25, -0.2) is 14.4 Å². The van der Waals surface area contributed by atoms with E-state index in [9.17, 15) is 48.3 Å². The second-order valence-electron chi connectivity index (χ2n) is 24.6. The van der Waals surface area contributed by atoms with Gasteiger partial charge in [0.25, 0.3) is 0 Å². The van der Waals surface area contributed by atoms with Crippen LogP contribution in [0.25, 0.3) is 0 Å². The molecular formula is C66H90N10O11. The van der Waals surface area contributed by atoms with Gasteiger partial charge >= 0.3 is 18.1 Å². The smallest absolute Gasteiger partial charge is 0.407 e. The van der Waals surface area contributed by atoms with Crippen LogP contribution in [0.5, 0.6) is 0 Å². The van der Waals surface area contributed by atoms with Crippen LogP contribution >= 0.6 is 0 Å². The minimum absolute atomic E-state index is 0.0961. The minimum atomic E-state index is -1.10. The molecule has 0 saturated heterocycles. The summed E-state index contributed by atoms with van der Waals surface area (Å²) in [6.45, 7) is 18.7. The molecule has 0 spiro atoms. The Hall–Kier alpha value is -8.59. The van der Waals surface area contributed by atoms with Crippen molar-refractivity contribution in [2.45, 2.75) is 163 Å². The molecule has 1 heterocycles. The average Bonchev–Trinajstić information content (AvgIpc) is 2.26.